The number of piperazine rings is 1. The van der Waals surface area contributed by atoms with Crippen LogP contribution in [0, 0.1) is 17.2 Å². The monoisotopic (exact) mass is 440 g/mol. The number of amides is 3. The third-order valence-corrected chi connectivity index (χ3v) is 5.82. The van der Waals surface area contributed by atoms with E-state index in [-0.39, 0.29) is 36.5 Å². The van der Waals surface area contributed by atoms with Gasteiger partial charge in [-0.1, -0.05) is 6.07 Å². The fourth-order valence-electron chi connectivity index (χ4n) is 3.87. The minimum atomic E-state index is -1.65. The Morgan fingerprint density at radius 1 is 1.38 bits per heavy atom. The number of hydrogen-bond acceptors (Lipinski definition) is 6. The van der Waals surface area contributed by atoms with Crippen molar-refractivity contribution >= 4 is 23.4 Å². The van der Waals surface area contributed by atoms with E-state index in [0.29, 0.717) is 23.5 Å². The molecule has 1 aliphatic carbocycles. The molecule has 10 heteroatoms. The number of anilines is 1. The summed E-state index contributed by atoms with van der Waals surface area (Å²) in [4.78, 5) is 38.4. The highest BCUT2D eigenvalue weighted by Gasteiger charge is 2.40. The topological polar surface area (TPSA) is 118 Å². The van der Waals surface area contributed by atoms with Crippen LogP contribution in [0.1, 0.15) is 43.9 Å². The first kappa shape index (κ1) is 21.8. The largest absolute Gasteiger partial charge is 0.336 e. The number of fused-ring (bicyclic) bond motifs is 1. The van der Waals surface area contributed by atoms with E-state index >= 15 is 0 Å². The van der Waals surface area contributed by atoms with Crippen LogP contribution in [0.3, 0.4) is 0 Å². The average molecular weight is 440 g/mol. The van der Waals surface area contributed by atoms with Crippen LogP contribution in [0.2, 0.25) is 0 Å². The van der Waals surface area contributed by atoms with Crippen molar-refractivity contribution in [3.05, 3.63) is 41.1 Å². The molecule has 0 radical (unpaired) electrons. The van der Waals surface area contributed by atoms with Gasteiger partial charge >= 0.3 is 0 Å². The number of nitriles is 1. The zero-order chi connectivity index (χ0) is 23.0. The van der Waals surface area contributed by atoms with E-state index in [1.807, 2.05) is 6.92 Å². The van der Waals surface area contributed by atoms with Crippen molar-refractivity contribution in [1.29, 1.82) is 5.26 Å². The molecule has 3 unspecified atom stereocenters. The Bertz CT molecular complexity index is 1030. The van der Waals surface area contributed by atoms with E-state index in [1.54, 1.807) is 29.3 Å². The fraction of sp³-hybridized carbons (Fsp3) is 0.455. The van der Waals surface area contributed by atoms with Crippen LogP contribution in [-0.2, 0) is 14.4 Å². The van der Waals surface area contributed by atoms with Crippen molar-refractivity contribution in [2.45, 2.75) is 44.9 Å². The van der Waals surface area contributed by atoms with Gasteiger partial charge < -0.3 is 15.5 Å². The standard InChI is InChI=1S/C22H25FN6O3/c1-12-10-28(11-25-20(30)13(2)23)22(32)19-8-18(27-29(12)19)16-6-3-14(9-24)7-17(16)26-21(31)15-4-5-15/h3,6-8,12-13,15,18,27H,4-5,10-11H2,1-2H3,(H,25,30)(H,26,31). The van der Waals surface area contributed by atoms with E-state index in [9.17, 15) is 24.0 Å². The lowest BCUT2D eigenvalue weighted by atomic mass is 10.0. The molecule has 3 aliphatic rings. The van der Waals surface area contributed by atoms with E-state index in [2.05, 4.69) is 22.1 Å². The molecule has 1 aromatic carbocycles. The van der Waals surface area contributed by atoms with Gasteiger partial charge in [0.25, 0.3) is 11.8 Å². The summed E-state index contributed by atoms with van der Waals surface area (Å²) in [6.45, 7) is 3.33. The van der Waals surface area contributed by atoms with E-state index < -0.39 is 12.1 Å². The van der Waals surface area contributed by atoms with Crippen molar-refractivity contribution in [3.63, 3.8) is 0 Å². The first-order chi connectivity index (χ1) is 15.3. The molecule has 2 heterocycles. The number of nitrogens with zero attached hydrogens (tertiary/aromatic N) is 3. The Morgan fingerprint density at radius 3 is 2.78 bits per heavy atom. The lowest BCUT2D eigenvalue weighted by Gasteiger charge is -2.39. The second kappa shape index (κ2) is 8.59. The lowest BCUT2D eigenvalue weighted by molar-refractivity contribution is -0.135. The molecule has 4 rings (SSSR count). The van der Waals surface area contributed by atoms with Gasteiger partial charge in [-0.25, -0.2) is 9.82 Å². The molecular formula is C22H25FN6O3. The van der Waals surface area contributed by atoms with Crippen molar-refractivity contribution < 1.29 is 18.8 Å². The van der Waals surface area contributed by atoms with Crippen LogP contribution in [0.4, 0.5) is 10.1 Å². The summed E-state index contributed by atoms with van der Waals surface area (Å²) in [5.74, 6) is -1.12. The number of halogens is 1. The molecule has 0 bridgehead atoms. The smallest absolute Gasteiger partial charge is 0.272 e. The number of hydrazine groups is 1. The number of benzene rings is 1. The number of hydrogen-bond donors (Lipinski definition) is 3. The third-order valence-electron chi connectivity index (χ3n) is 5.82. The van der Waals surface area contributed by atoms with Crippen molar-refractivity contribution in [1.82, 2.24) is 20.7 Å². The Balaban J connectivity index is 1.56. The van der Waals surface area contributed by atoms with Gasteiger partial charge in [-0.15, -0.1) is 0 Å². The summed E-state index contributed by atoms with van der Waals surface area (Å²) in [6.07, 6.45) is 1.83. The Hall–Kier alpha value is -3.45. The van der Waals surface area contributed by atoms with Crippen LogP contribution in [0.25, 0.3) is 0 Å². The summed E-state index contributed by atoms with van der Waals surface area (Å²) in [6, 6.07) is 6.67. The normalized spacial score (nSPS) is 23.2. The van der Waals surface area contributed by atoms with Gasteiger partial charge in [-0.05, 0) is 50.5 Å². The Kier molecular flexibility index (Phi) is 5.84. The first-order valence-electron chi connectivity index (χ1n) is 10.6. The molecule has 2 aliphatic heterocycles. The van der Waals surface area contributed by atoms with Gasteiger partial charge in [0.05, 0.1) is 30.4 Å². The van der Waals surface area contributed by atoms with Gasteiger partial charge in [0, 0.05) is 18.2 Å². The minimum Gasteiger partial charge on any atom is -0.336 e. The summed E-state index contributed by atoms with van der Waals surface area (Å²) in [5.41, 5.74) is 5.42. The highest BCUT2D eigenvalue weighted by molar-refractivity contribution is 5.96. The molecule has 168 valence electrons. The number of carbonyl (C=O) groups excluding carboxylic acids is 3. The van der Waals surface area contributed by atoms with Gasteiger partial charge in [0.1, 0.15) is 5.70 Å². The second-order valence-corrected chi connectivity index (χ2v) is 8.40. The molecule has 2 fully saturated rings. The van der Waals surface area contributed by atoms with Gasteiger partial charge in [-0.2, -0.15) is 5.26 Å². The summed E-state index contributed by atoms with van der Waals surface area (Å²) >= 11 is 0. The maximum absolute atomic E-state index is 13.1. The average Bonchev–Trinajstić information content (AvgIpc) is 3.53. The van der Waals surface area contributed by atoms with Crippen molar-refractivity contribution in [2.75, 3.05) is 18.5 Å². The summed E-state index contributed by atoms with van der Waals surface area (Å²) in [7, 11) is 0. The predicted molar refractivity (Wildman–Crippen MR) is 113 cm³/mol. The molecule has 1 aromatic rings. The number of nitrogens with one attached hydrogen (secondary N) is 3. The van der Waals surface area contributed by atoms with Gasteiger partial charge in [0.15, 0.2) is 6.17 Å². The SMILES string of the molecule is CC(F)C(=O)NCN1CC(C)N2NC(c3ccc(C#N)cc3NC(=O)C3CC3)C=C2C1=O. The second-order valence-electron chi connectivity index (χ2n) is 8.40. The van der Waals surface area contributed by atoms with Gasteiger partial charge in [0.2, 0.25) is 5.91 Å². The lowest BCUT2D eigenvalue weighted by Crippen LogP contribution is -2.57. The maximum Gasteiger partial charge on any atom is 0.272 e. The minimum absolute atomic E-state index is 0.00669. The Morgan fingerprint density at radius 2 is 2.12 bits per heavy atom. The van der Waals surface area contributed by atoms with Crippen LogP contribution in [0.15, 0.2) is 30.0 Å². The van der Waals surface area contributed by atoms with Crippen LogP contribution in [-0.4, -0.2) is 53.1 Å². The molecule has 3 N–H and O–H groups in total. The number of carbonyl (C=O) groups is 3. The van der Waals surface area contributed by atoms with E-state index in [0.717, 1.165) is 25.3 Å². The van der Waals surface area contributed by atoms with Crippen molar-refractivity contribution in [3.8, 4) is 6.07 Å². The first-order valence-corrected chi connectivity index (χ1v) is 10.6. The molecular weight excluding hydrogens is 415 g/mol. The Labute approximate surface area is 185 Å². The number of alkyl halides is 1. The molecule has 3 amide bonds. The molecule has 32 heavy (non-hydrogen) atoms. The fourth-order valence-corrected chi connectivity index (χ4v) is 3.87. The molecule has 1 saturated heterocycles. The van der Waals surface area contributed by atoms with Gasteiger partial charge in [-0.3, -0.25) is 19.4 Å². The van der Waals surface area contributed by atoms with Crippen LogP contribution in [0.5, 0.6) is 0 Å². The van der Waals surface area contributed by atoms with E-state index in [4.69, 9.17) is 0 Å². The summed E-state index contributed by atoms with van der Waals surface area (Å²) in [5, 5.41) is 16.4. The maximum atomic E-state index is 13.1. The number of rotatable bonds is 6. The molecule has 3 atom stereocenters. The highest BCUT2D eigenvalue weighted by atomic mass is 19.1. The van der Waals surface area contributed by atoms with E-state index in [1.165, 1.54) is 4.90 Å². The predicted octanol–water partition coefficient (Wildman–Crippen LogP) is 1.31. The van der Waals surface area contributed by atoms with Crippen LogP contribution >= 0.6 is 0 Å². The molecule has 9 nitrogen and oxygen atoms in total. The molecule has 1 saturated carbocycles. The zero-order valence-corrected chi connectivity index (χ0v) is 17.9. The highest BCUT2D eigenvalue weighted by Crippen LogP contribution is 2.35. The molecule has 0 spiro atoms. The van der Waals surface area contributed by atoms with Crippen molar-refractivity contribution in [2.24, 2.45) is 5.92 Å². The zero-order valence-electron chi connectivity index (χ0n) is 17.9. The van der Waals surface area contributed by atoms with Crippen LogP contribution < -0.4 is 16.1 Å². The molecule has 0 aromatic heterocycles. The quantitative estimate of drug-likeness (QED) is 0.614. The summed E-state index contributed by atoms with van der Waals surface area (Å²) < 4.78 is 13.1. The third kappa shape index (κ3) is 4.29.